The van der Waals surface area contributed by atoms with Crippen LogP contribution in [0.2, 0.25) is 0 Å². The summed E-state index contributed by atoms with van der Waals surface area (Å²) in [5.41, 5.74) is 3.34. The summed E-state index contributed by atoms with van der Waals surface area (Å²) in [5.74, 6) is 5.71. The van der Waals surface area contributed by atoms with Crippen LogP contribution in [0.4, 0.5) is 5.82 Å². The first kappa shape index (κ1) is 12.8. The molecule has 2 rings (SSSR count). The number of nitrogens with zero attached hydrogens (tertiary/aromatic N) is 1. The van der Waals surface area contributed by atoms with Crippen molar-refractivity contribution >= 4 is 11.7 Å². The number of hydrazine groups is 1. The van der Waals surface area contributed by atoms with Gasteiger partial charge < -0.3 is 10.7 Å². The fourth-order valence-electron chi connectivity index (χ4n) is 2.32. The van der Waals surface area contributed by atoms with Crippen molar-refractivity contribution in [3.8, 4) is 0 Å². The number of rotatable bonds is 5. The summed E-state index contributed by atoms with van der Waals surface area (Å²) in [6.07, 6.45) is 6.38. The third kappa shape index (κ3) is 2.61. The van der Waals surface area contributed by atoms with Gasteiger partial charge in [-0.05, 0) is 36.8 Å². The first-order chi connectivity index (χ1) is 8.69. The number of carbonyl (C=O) groups excluding carboxylic acids is 1. The van der Waals surface area contributed by atoms with Crippen LogP contribution < -0.4 is 16.6 Å². The minimum atomic E-state index is -0.0641. The summed E-state index contributed by atoms with van der Waals surface area (Å²) in [7, 11) is 0. The molecule has 4 N–H and O–H groups in total. The molecule has 0 bridgehead atoms. The molecular formula is C13H20N4O. The molecule has 1 aliphatic rings. The maximum Gasteiger partial charge on any atom is 0.252 e. The van der Waals surface area contributed by atoms with Gasteiger partial charge in [0.25, 0.3) is 5.91 Å². The lowest BCUT2D eigenvalue weighted by atomic mass is 9.67. The molecule has 1 heterocycles. The zero-order chi connectivity index (χ0) is 13.0. The summed E-state index contributed by atoms with van der Waals surface area (Å²) in [5, 5.41) is 3.00. The lowest BCUT2D eigenvalue weighted by Gasteiger charge is -2.41. The molecule has 1 aromatic heterocycles. The largest absolute Gasteiger partial charge is 0.351 e. The lowest BCUT2D eigenvalue weighted by Crippen LogP contribution is -2.41. The van der Waals surface area contributed by atoms with Crippen molar-refractivity contribution in [3.05, 3.63) is 23.9 Å². The molecule has 1 aliphatic carbocycles. The normalized spacial score (nSPS) is 16.8. The van der Waals surface area contributed by atoms with Gasteiger partial charge in [-0.25, -0.2) is 10.8 Å². The van der Waals surface area contributed by atoms with Gasteiger partial charge in [-0.2, -0.15) is 0 Å². The minimum absolute atomic E-state index is 0.0641. The molecule has 18 heavy (non-hydrogen) atoms. The van der Waals surface area contributed by atoms with Crippen LogP contribution in [0.1, 0.15) is 43.0 Å². The third-order valence-electron chi connectivity index (χ3n) is 3.96. The van der Waals surface area contributed by atoms with Crippen molar-refractivity contribution in [1.82, 2.24) is 10.3 Å². The highest BCUT2D eigenvalue weighted by Gasteiger charge is 2.35. The van der Waals surface area contributed by atoms with Gasteiger partial charge in [-0.3, -0.25) is 4.79 Å². The Morgan fingerprint density at radius 3 is 2.72 bits per heavy atom. The monoisotopic (exact) mass is 248 g/mol. The molecule has 1 saturated carbocycles. The summed E-state index contributed by atoms with van der Waals surface area (Å²) in [6.45, 7) is 2.95. The number of nitrogen functional groups attached to an aromatic ring is 1. The van der Waals surface area contributed by atoms with Gasteiger partial charge in [0.15, 0.2) is 0 Å². The average molecular weight is 248 g/mol. The summed E-state index contributed by atoms with van der Waals surface area (Å²) in [4.78, 5) is 16.0. The third-order valence-corrected chi connectivity index (χ3v) is 3.96. The number of hydrogen-bond acceptors (Lipinski definition) is 4. The van der Waals surface area contributed by atoms with Crippen LogP contribution in [0.3, 0.4) is 0 Å². The van der Waals surface area contributed by atoms with Gasteiger partial charge in [0.1, 0.15) is 5.82 Å². The maximum absolute atomic E-state index is 11.9. The van der Waals surface area contributed by atoms with Crippen molar-refractivity contribution in [2.45, 2.75) is 32.6 Å². The minimum Gasteiger partial charge on any atom is -0.351 e. The first-order valence-electron chi connectivity index (χ1n) is 6.40. The van der Waals surface area contributed by atoms with E-state index < -0.39 is 0 Å². The predicted octanol–water partition coefficient (Wildman–Crippen LogP) is 1.68. The molecule has 0 aromatic carbocycles. The van der Waals surface area contributed by atoms with E-state index in [1.165, 1.54) is 25.5 Å². The van der Waals surface area contributed by atoms with E-state index in [0.29, 0.717) is 16.8 Å². The highest BCUT2D eigenvalue weighted by atomic mass is 16.1. The van der Waals surface area contributed by atoms with Crippen LogP contribution in [0.25, 0.3) is 0 Å². The van der Waals surface area contributed by atoms with Crippen LogP contribution in [0.5, 0.6) is 0 Å². The Balaban J connectivity index is 1.90. The van der Waals surface area contributed by atoms with Crippen molar-refractivity contribution in [3.63, 3.8) is 0 Å². The second-order valence-corrected chi connectivity index (χ2v) is 4.97. The molecule has 1 fully saturated rings. The quantitative estimate of drug-likeness (QED) is 0.547. The summed E-state index contributed by atoms with van der Waals surface area (Å²) in [6, 6.07) is 3.41. The molecule has 0 saturated heterocycles. The van der Waals surface area contributed by atoms with E-state index in [0.717, 1.165) is 13.0 Å². The second-order valence-electron chi connectivity index (χ2n) is 4.97. The van der Waals surface area contributed by atoms with E-state index in [1.54, 1.807) is 12.1 Å². The van der Waals surface area contributed by atoms with E-state index in [4.69, 9.17) is 5.84 Å². The van der Waals surface area contributed by atoms with Crippen LogP contribution in [-0.2, 0) is 0 Å². The Hall–Kier alpha value is -1.62. The van der Waals surface area contributed by atoms with Crippen LogP contribution in [-0.4, -0.2) is 17.4 Å². The van der Waals surface area contributed by atoms with E-state index >= 15 is 0 Å². The molecule has 5 nitrogen and oxygen atoms in total. The van der Waals surface area contributed by atoms with Crippen LogP contribution in [0.15, 0.2) is 18.3 Å². The fourth-order valence-corrected chi connectivity index (χ4v) is 2.32. The van der Waals surface area contributed by atoms with Crippen molar-refractivity contribution in [1.29, 1.82) is 0 Å². The zero-order valence-corrected chi connectivity index (χ0v) is 10.7. The number of carbonyl (C=O) groups is 1. The number of aromatic nitrogens is 1. The molecule has 1 aromatic rings. The van der Waals surface area contributed by atoms with Crippen LogP contribution in [0, 0.1) is 5.41 Å². The first-order valence-corrected chi connectivity index (χ1v) is 6.40. The van der Waals surface area contributed by atoms with E-state index in [9.17, 15) is 4.79 Å². The maximum atomic E-state index is 11.9. The smallest absolute Gasteiger partial charge is 0.252 e. The number of hydrogen-bond donors (Lipinski definition) is 3. The highest BCUT2D eigenvalue weighted by molar-refractivity contribution is 5.94. The molecular weight excluding hydrogens is 228 g/mol. The second kappa shape index (κ2) is 5.35. The molecule has 0 radical (unpaired) electrons. The molecule has 98 valence electrons. The van der Waals surface area contributed by atoms with Crippen molar-refractivity contribution < 1.29 is 4.79 Å². The van der Waals surface area contributed by atoms with Gasteiger partial charge in [0.05, 0.1) is 5.56 Å². The Kier molecular flexibility index (Phi) is 3.81. The lowest BCUT2D eigenvalue weighted by molar-refractivity contribution is 0.0850. The number of amides is 1. The van der Waals surface area contributed by atoms with E-state index in [1.807, 2.05) is 0 Å². The number of nitrogens with two attached hydrogens (primary N) is 1. The van der Waals surface area contributed by atoms with Gasteiger partial charge in [-0.1, -0.05) is 13.3 Å². The highest BCUT2D eigenvalue weighted by Crippen LogP contribution is 2.43. The Bertz CT molecular complexity index is 406. The SMILES string of the molecule is CCC1(CNC(=O)c2ccc(NN)nc2)CCC1. The average Bonchev–Trinajstić information content (AvgIpc) is 2.38. The topological polar surface area (TPSA) is 80.0 Å². The summed E-state index contributed by atoms with van der Waals surface area (Å²) >= 11 is 0. The molecule has 1 amide bonds. The number of anilines is 1. The van der Waals surface area contributed by atoms with E-state index in [2.05, 4.69) is 22.7 Å². The van der Waals surface area contributed by atoms with Crippen molar-refractivity contribution in [2.75, 3.05) is 12.0 Å². The predicted molar refractivity (Wildman–Crippen MR) is 71.0 cm³/mol. The zero-order valence-electron chi connectivity index (χ0n) is 10.7. The van der Waals surface area contributed by atoms with Gasteiger partial charge in [0.2, 0.25) is 0 Å². The van der Waals surface area contributed by atoms with Crippen molar-refractivity contribution in [2.24, 2.45) is 11.3 Å². The molecule has 0 aliphatic heterocycles. The Labute approximate surface area is 107 Å². The number of pyridine rings is 1. The number of nitrogens with one attached hydrogen (secondary N) is 2. The van der Waals surface area contributed by atoms with Crippen LogP contribution >= 0.6 is 0 Å². The summed E-state index contributed by atoms with van der Waals surface area (Å²) < 4.78 is 0. The standard InChI is InChI=1S/C13H20N4O/c1-2-13(6-3-7-13)9-16-12(18)10-4-5-11(17-14)15-8-10/h4-5,8H,2-3,6-7,9,14H2,1H3,(H,15,17)(H,16,18). The van der Waals surface area contributed by atoms with Gasteiger partial charge >= 0.3 is 0 Å². The Morgan fingerprint density at radius 2 is 2.28 bits per heavy atom. The Morgan fingerprint density at radius 1 is 1.50 bits per heavy atom. The fraction of sp³-hybridized carbons (Fsp3) is 0.538. The van der Waals surface area contributed by atoms with E-state index in [-0.39, 0.29) is 5.91 Å². The molecule has 5 heteroatoms. The molecule has 0 unspecified atom stereocenters. The van der Waals surface area contributed by atoms with Gasteiger partial charge in [0, 0.05) is 12.7 Å². The molecule has 0 spiro atoms. The molecule has 0 atom stereocenters. The van der Waals surface area contributed by atoms with Gasteiger partial charge in [-0.15, -0.1) is 0 Å².